The largest absolute Gasteiger partial charge is 0.381 e. The number of rotatable bonds is 5. The molecule has 2 aromatic heterocycles. The van der Waals surface area contributed by atoms with Crippen LogP contribution in [0.4, 0.5) is 0 Å². The third-order valence-electron chi connectivity index (χ3n) is 5.07. The molecule has 1 amide bonds. The van der Waals surface area contributed by atoms with Crippen LogP contribution in [-0.2, 0) is 9.53 Å². The minimum absolute atomic E-state index is 0.0242. The Balaban J connectivity index is 1.48. The lowest BCUT2D eigenvalue weighted by Crippen LogP contribution is -2.43. The van der Waals surface area contributed by atoms with Crippen molar-refractivity contribution in [1.29, 1.82) is 0 Å². The quantitative estimate of drug-likeness (QED) is 0.785. The van der Waals surface area contributed by atoms with Crippen LogP contribution in [0, 0.1) is 0 Å². The fourth-order valence-corrected chi connectivity index (χ4v) is 5.13. The summed E-state index contributed by atoms with van der Waals surface area (Å²) in [7, 11) is 1.77. The van der Waals surface area contributed by atoms with Crippen molar-refractivity contribution in [3.8, 4) is 0 Å². The number of carbonyl (C=O) groups is 1. The van der Waals surface area contributed by atoms with Gasteiger partial charge in [0, 0.05) is 31.5 Å². The lowest BCUT2D eigenvalue weighted by Gasteiger charge is -2.32. The van der Waals surface area contributed by atoms with Crippen LogP contribution >= 0.6 is 22.7 Å². The normalized spacial score (nSPS) is 22.0. The van der Waals surface area contributed by atoms with E-state index in [1.54, 1.807) is 34.8 Å². The van der Waals surface area contributed by atoms with Crippen molar-refractivity contribution in [3.63, 3.8) is 0 Å². The zero-order chi connectivity index (χ0) is 17.9. The van der Waals surface area contributed by atoms with E-state index in [1.807, 2.05) is 12.1 Å². The van der Waals surface area contributed by atoms with Crippen LogP contribution in [0.25, 0.3) is 0 Å². The van der Waals surface area contributed by atoms with Crippen LogP contribution in [0.15, 0.2) is 40.1 Å². The van der Waals surface area contributed by atoms with Gasteiger partial charge in [-0.25, -0.2) is 5.01 Å². The Morgan fingerprint density at radius 1 is 1.23 bits per heavy atom. The molecule has 7 heteroatoms. The highest BCUT2D eigenvalue weighted by Gasteiger charge is 2.35. The van der Waals surface area contributed by atoms with Gasteiger partial charge in [0.1, 0.15) is 0 Å². The number of nitrogens with zero attached hydrogens (tertiary/aromatic N) is 3. The molecular formula is C19H23N3O2S2. The SMILES string of the molecule is COC1CCN(CC(=O)N2N=C(c3cccs3)CC2c2cccs2)CC1. The highest BCUT2D eigenvalue weighted by atomic mass is 32.1. The second-order valence-electron chi connectivity index (χ2n) is 6.71. The summed E-state index contributed by atoms with van der Waals surface area (Å²) in [6.07, 6.45) is 3.10. The number of ether oxygens (including phenoxy) is 1. The summed E-state index contributed by atoms with van der Waals surface area (Å²) in [6, 6.07) is 8.29. The van der Waals surface area contributed by atoms with Crippen molar-refractivity contribution < 1.29 is 9.53 Å². The van der Waals surface area contributed by atoms with Crippen LogP contribution in [-0.4, -0.2) is 54.4 Å². The summed E-state index contributed by atoms with van der Waals surface area (Å²) in [6.45, 7) is 2.24. The molecule has 0 radical (unpaired) electrons. The van der Waals surface area contributed by atoms with Gasteiger partial charge in [-0.2, -0.15) is 5.10 Å². The summed E-state index contributed by atoms with van der Waals surface area (Å²) in [4.78, 5) is 17.6. The van der Waals surface area contributed by atoms with E-state index in [0.29, 0.717) is 12.6 Å². The van der Waals surface area contributed by atoms with Gasteiger partial charge >= 0.3 is 0 Å². The number of carbonyl (C=O) groups excluding carboxylic acids is 1. The lowest BCUT2D eigenvalue weighted by molar-refractivity contribution is -0.134. The Bertz CT molecular complexity index is 750. The maximum atomic E-state index is 13.0. The molecule has 4 heterocycles. The van der Waals surface area contributed by atoms with Crippen LogP contribution in [0.3, 0.4) is 0 Å². The Morgan fingerprint density at radius 3 is 2.65 bits per heavy atom. The molecule has 1 unspecified atom stereocenters. The highest BCUT2D eigenvalue weighted by molar-refractivity contribution is 7.12. The first kappa shape index (κ1) is 17.9. The first-order chi connectivity index (χ1) is 12.7. The Morgan fingerprint density at radius 2 is 2.00 bits per heavy atom. The molecule has 26 heavy (non-hydrogen) atoms. The maximum Gasteiger partial charge on any atom is 0.257 e. The zero-order valence-corrected chi connectivity index (χ0v) is 16.5. The van der Waals surface area contributed by atoms with E-state index < -0.39 is 0 Å². The molecule has 0 aromatic carbocycles. The number of thiophene rings is 2. The van der Waals surface area contributed by atoms with Crippen molar-refractivity contribution in [3.05, 3.63) is 44.8 Å². The van der Waals surface area contributed by atoms with E-state index >= 15 is 0 Å². The highest BCUT2D eigenvalue weighted by Crippen LogP contribution is 2.36. The summed E-state index contributed by atoms with van der Waals surface area (Å²) in [5.41, 5.74) is 1.02. The summed E-state index contributed by atoms with van der Waals surface area (Å²) >= 11 is 3.38. The second kappa shape index (κ2) is 8.00. The Kier molecular flexibility index (Phi) is 5.49. The molecule has 0 spiro atoms. The fourth-order valence-electron chi connectivity index (χ4n) is 3.60. The topological polar surface area (TPSA) is 45.1 Å². The molecule has 2 aromatic rings. The fraction of sp³-hybridized carbons (Fsp3) is 0.474. The van der Waals surface area contributed by atoms with Gasteiger partial charge in [-0.15, -0.1) is 22.7 Å². The molecule has 1 saturated heterocycles. The number of likely N-dealkylation sites (tertiary alicyclic amines) is 1. The number of amides is 1. The number of hydrazone groups is 1. The number of hydrogen-bond donors (Lipinski definition) is 0. The molecule has 4 rings (SSSR count). The Hall–Kier alpha value is -1.54. The van der Waals surface area contributed by atoms with E-state index in [-0.39, 0.29) is 11.9 Å². The summed E-state index contributed by atoms with van der Waals surface area (Å²) < 4.78 is 5.42. The molecule has 0 N–H and O–H groups in total. The molecule has 0 aliphatic carbocycles. The molecule has 1 atom stereocenters. The molecule has 2 aliphatic heterocycles. The van der Waals surface area contributed by atoms with Gasteiger partial charge in [-0.3, -0.25) is 9.69 Å². The third kappa shape index (κ3) is 3.76. The van der Waals surface area contributed by atoms with Gasteiger partial charge in [-0.05, 0) is 35.7 Å². The van der Waals surface area contributed by atoms with Gasteiger partial charge in [-0.1, -0.05) is 12.1 Å². The number of hydrogen-bond acceptors (Lipinski definition) is 6. The van der Waals surface area contributed by atoms with Crippen molar-refractivity contribution >= 4 is 34.3 Å². The third-order valence-corrected chi connectivity index (χ3v) is 6.96. The monoisotopic (exact) mass is 389 g/mol. The van der Waals surface area contributed by atoms with Crippen molar-refractivity contribution in [2.24, 2.45) is 5.10 Å². The van der Waals surface area contributed by atoms with Gasteiger partial charge in [0.15, 0.2) is 0 Å². The van der Waals surface area contributed by atoms with E-state index in [4.69, 9.17) is 9.84 Å². The van der Waals surface area contributed by atoms with Gasteiger partial charge in [0.25, 0.3) is 5.91 Å². The molecule has 2 aliphatic rings. The molecule has 0 saturated carbocycles. The lowest BCUT2D eigenvalue weighted by atomic mass is 10.1. The average Bonchev–Trinajstić information content (AvgIpc) is 3.42. The van der Waals surface area contributed by atoms with Gasteiger partial charge in [0.2, 0.25) is 0 Å². The van der Waals surface area contributed by atoms with Crippen molar-refractivity contribution in [2.45, 2.75) is 31.4 Å². The summed E-state index contributed by atoms with van der Waals surface area (Å²) in [5.74, 6) is 0.0887. The van der Waals surface area contributed by atoms with E-state index in [1.165, 1.54) is 4.88 Å². The van der Waals surface area contributed by atoms with E-state index in [2.05, 4.69) is 27.8 Å². The van der Waals surface area contributed by atoms with E-state index in [9.17, 15) is 4.79 Å². The Labute approximate surface area is 161 Å². The van der Waals surface area contributed by atoms with Crippen LogP contribution in [0.5, 0.6) is 0 Å². The van der Waals surface area contributed by atoms with Crippen LogP contribution in [0.2, 0.25) is 0 Å². The number of methoxy groups -OCH3 is 1. The van der Waals surface area contributed by atoms with Crippen molar-refractivity contribution in [2.75, 3.05) is 26.7 Å². The number of piperidine rings is 1. The predicted molar refractivity (Wildman–Crippen MR) is 106 cm³/mol. The first-order valence-electron chi connectivity index (χ1n) is 8.96. The molecule has 5 nitrogen and oxygen atoms in total. The smallest absolute Gasteiger partial charge is 0.257 e. The first-order valence-corrected chi connectivity index (χ1v) is 10.7. The zero-order valence-electron chi connectivity index (χ0n) is 14.8. The van der Waals surface area contributed by atoms with E-state index in [0.717, 1.165) is 42.9 Å². The average molecular weight is 390 g/mol. The van der Waals surface area contributed by atoms with Crippen LogP contribution < -0.4 is 0 Å². The molecule has 138 valence electrons. The standard InChI is InChI=1S/C19H23N3O2S2/c1-24-14-6-8-21(9-7-14)13-19(23)22-16(18-5-3-11-26-18)12-15(20-22)17-4-2-10-25-17/h2-5,10-11,14,16H,6-9,12-13H2,1H3. The van der Waals surface area contributed by atoms with Crippen LogP contribution in [0.1, 0.15) is 35.1 Å². The molecule has 0 bridgehead atoms. The second-order valence-corrected chi connectivity index (χ2v) is 8.64. The minimum atomic E-state index is 0.0242. The maximum absolute atomic E-state index is 13.0. The molecule has 1 fully saturated rings. The molecular weight excluding hydrogens is 366 g/mol. The minimum Gasteiger partial charge on any atom is -0.381 e. The summed E-state index contributed by atoms with van der Waals surface area (Å²) in [5, 5.41) is 10.6. The van der Waals surface area contributed by atoms with Gasteiger partial charge < -0.3 is 4.74 Å². The van der Waals surface area contributed by atoms with Gasteiger partial charge in [0.05, 0.1) is 29.3 Å². The predicted octanol–water partition coefficient (Wildman–Crippen LogP) is 3.60. The van der Waals surface area contributed by atoms with Crippen molar-refractivity contribution in [1.82, 2.24) is 9.91 Å².